The number of benzene rings is 3. The number of esters is 1. The largest absolute Gasteiger partial charge is 0.471 e. The van der Waals surface area contributed by atoms with Gasteiger partial charge in [-0.15, -0.1) is 0 Å². The highest BCUT2D eigenvalue weighted by molar-refractivity contribution is 9.10. The zero-order chi connectivity index (χ0) is 25.8. The highest BCUT2D eigenvalue weighted by atomic mass is 79.9. The van der Waals surface area contributed by atoms with Crippen LogP contribution in [0.25, 0.3) is 22.3 Å². The highest BCUT2D eigenvalue weighted by Gasteiger charge is 2.25. The van der Waals surface area contributed by atoms with Gasteiger partial charge in [0.2, 0.25) is 5.75 Å². The fraction of sp³-hybridized carbons (Fsp3) is 0.120. The molecule has 1 atom stereocenters. The molecule has 0 N–H and O–H groups in total. The lowest BCUT2D eigenvalue weighted by molar-refractivity contribution is -0.386. The lowest BCUT2D eigenvalue weighted by atomic mass is 10.2. The van der Waals surface area contributed by atoms with E-state index in [4.69, 9.17) is 4.74 Å². The molecule has 0 radical (unpaired) electrons. The van der Waals surface area contributed by atoms with Gasteiger partial charge in [0.05, 0.1) is 33.6 Å². The molecule has 11 heteroatoms. The number of hydrogen-bond acceptors (Lipinski definition) is 8. The number of carbonyl (C=O) groups is 1. The smallest absolute Gasteiger partial charge is 0.346 e. The van der Waals surface area contributed by atoms with Crippen LogP contribution >= 0.6 is 15.9 Å². The predicted molar refractivity (Wildman–Crippen MR) is 137 cm³/mol. The average Bonchev–Trinajstić information content (AvgIpc) is 2.89. The van der Waals surface area contributed by atoms with Crippen LogP contribution in [0.4, 0.5) is 5.69 Å². The Morgan fingerprint density at radius 1 is 1.17 bits per heavy atom. The quantitative estimate of drug-likeness (QED) is 0.143. The molecule has 1 aromatic heterocycles. The predicted octanol–water partition coefficient (Wildman–Crippen LogP) is 4.56. The summed E-state index contributed by atoms with van der Waals surface area (Å²) in [6, 6.07) is 18.8. The van der Waals surface area contributed by atoms with Crippen molar-refractivity contribution in [1.82, 2.24) is 9.66 Å². The van der Waals surface area contributed by atoms with Gasteiger partial charge in [0, 0.05) is 17.2 Å². The van der Waals surface area contributed by atoms with Crippen molar-refractivity contribution in [3.63, 3.8) is 0 Å². The van der Waals surface area contributed by atoms with Crippen LogP contribution in [0.2, 0.25) is 0 Å². The summed E-state index contributed by atoms with van der Waals surface area (Å²) in [5, 5.41) is 16.5. The Hall–Kier alpha value is -4.38. The third-order valence-corrected chi connectivity index (χ3v) is 5.77. The number of fused-ring (bicyclic) bond motifs is 1. The number of halogens is 1. The van der Waals surface area contributed by atoms with E-state index < -0.39 is 28.2 Å². The summed E-state index contributed by atoms with van der Waals surface area (Å²) in [5.41, 5.74) is 0.716. The molecule has 4 aromatic rings. The van der Waals surface area contributed by atoms with Crippen molar-refractivity contribution in [2.75, 3.05) is 7.11 Å². The highest BCUT2D eigenvalue weighted by Crippen LogP contribution is 2.37. The number of nitrogens with zero attached hydrogens (tertiary/aromatic N) is 4. The minimum atomic E-state index is -1.07. The summed E-state index contributed by atoms with van der Waals surface area (Å²) >= 11 is 3.27. The number of methoxy groups -OCH3 is 1. The molecule has 4 rings (SSSR count). The van der Waals surface area contributed by atoms with Crippen LogP contribution in [0.1, 0.15) is 12.5 Å². The molecule has 0 aliphatic heterocycles. The maximum Gasteiger partial charge on any atom is 0.346 e. The minimum Gasteiger partial charge on any atom is -0.471 e. The van der Waals surface area contributed by atoms with Gasteiger partial charge in [-0.25, -0.2) is 9.78 Å². The Bertz CT molecular complexity index is 1550. The number of rotatable bonds is 7. The monoisotopic (exact) mass is 550 g/mol. The Morgan fingerprint density at radius 3 is 2.56 bits per heavy atom. The van der Waals surface area contributed by atoms with Gasteiger partial charge >= 0.3 is 11.7 Å². The Morgan fingerprint density at radius 2 is 1.86 bits per heavy atom. The van der Waals surface area contributed by atoms with Crippen LogP contribution in [-0.4, -0.2) is 40.0 Å². The number of nitro groups is 1. The van der Waals surface area contributed by atoms with Crippen molar-refractivity contribution < 1.29 is 19.2 Å². The zero-order valence-corrected chi connectivity index (χ0v) is 20.7. The van der Waals surface area contributed by atoms with E-state index in [0.29, 0.717) is 27.9 Å². The summed E-state index contributed by atoms with van der Waals surface area (Å²) in [6.07, 6.45) is 0.246. The molecule has 182 valence electrons. The van der Waals surface area contributed by atoms with Gasteiger partial charge in [-0.05, 0) is 41.1 Å². The molecule has 0 aliphatic carbocycles. The average molecular weight is 551 g/mol. The first-order valence-corrected chi connectivity index (χ1v) is 11.4. The van der Waals surface area contributed by atoms with Crippen LogP contribution in [0.15, 0.2) is 81.1 Å². The normalized spacial score (nSPS) is 12.0. The third kappa shape index (κ3) is 5.01. The van der Waals surface area contributed by atoms with E-state index >= 15 is 0 Å². The van der Waals surface area contributed by atoms with E-state index in [1.165, 1.54) is 32.4 Å². The molecule has 0 aliphatic rings. The summed E-state index contributed by atoms with van der Waals surface area (Å²) < 4.78 is 11.5. The van der Waals surface area contributed by atoms with Crippen molar-refractivity contribution in [2.24, 2.45) is 5.10 Å². The molecular weight excluding hydrogens is 532 g/mol. The van der Waals surface area contributed by atoms with Gasteiger partial charge in [-0.1, -0.05) is 42.5 Å². The first-order chi connectivity index (χ1) is 17.3. The standard InChI is InChI=1S/C25H19BrN4O6/c1-15(25(32)35-2)36-22-19(26)12-16(13-21(22)30(33)34)14-27-29-23(17-8-4-3-5-9-17)28-20-11-7-6-10-18(20)24(29)31/h3-15H,1-2H3/t15-/m1/s1. The van der Waals surface area contributed by atoms with Crippen molar-refractivity contribution in [3.05, 3.63) is 97.2 Å². The molecule has 1 heterocycles. The molecule has 0 fully saturated rings. The fourth-order valence-corrected chi connectivity index (χ4v) is 4.01. The first-order valence-electron chi connectivity index (χ1n) is 10.6. The van der Waals surface area contributed by atoms with E-state index in [1.807, 2.05) is 18.2 Å². The second-order valence-corrected chi connectivity index (χ2v) is 8.43. The Kier molecular flexibility index (Phi) is 7.20. The lowest BCUT2D eigenvalue weighted by Gasteiger charge is -2.14. The first kappa shape index (κ1) is 24.7. The van der Waals surface area contributed by atoms with E-state index in [2.05, 4.69) is 30.8 Å². The van der Waals surface area contributed by atoms with Gasteiger partial charge in [0.1, 0.15) is 0 Å². The maximum atomic E-state index is 13.3. The number of hydrogen-bond donors (Lipinski definition) is 0. The van der Waals surface area contributed by atoms with Crippen LogP contribution in [0.3, 0.4) is 0 Å². The van der Waals surface area contributed by atoms with Gasteiger partial charge < -0.3 is 9.47 Å². The SMILES string of the molecule is COC(=O)[C@@H](C)Oc1c(Br)cc(C=Nn2c(-c3ccccc3)nc3ccccc3c2=O)cc1[N+](=O)[O-]. The van der Waals surface area contributed by atoms with Crippen molar-refractivity contribution in [3.8, 4) is 17.1 Å². The maximum absolute atomic E-state index is 13.3. The second kappa shape index (κ2) is 10.5. The van der Waals surface area contributed by atoms with Gasteiger partial charge in [-0.2, -0.15) is 9.78 Å². The lowest BCUT2D eigenvalue weighted by Crippen LogP contribution is -2.25. The second-order valence-electron chi connectivity index (χ2n) is 7.57. The Balaban J connectivity index is 1.82. The number of nitro benzene ring substituents is 1. The van der Waals surface area contributed by atoms with E-state index in [0.717, 1.165) is 4.68 Å². The minimum absolute atomic E-state index is 0.135. The van der Waals surface area contributed by atoms with Crippen molar-refractivity contribution in [2.45, 2.75) is 13.0 Å². The van der Waals surface area contributed by atoms with Crippen molar-refractivity contribution in [1.29, 1.82) is 0 Å². The summed E-state index contributed by atoms with van der Waals surface area (Å²) in [6.45, 7) is 1.42. The van der Waals surface area contributed by atoms with Crippen LogP contribution < -0.4 is 10.3 Å². The van der Waals surface area contributed by atoms with E-state index in [-0.39, 0.29) is 10.2 Å². The van der Waals surface area contributed by atoms with Crippen molar-refractivity contribution >= 4 is 44.7 Å². The Labute approximate surface area is 213 Å². The number of carbonyl (C=O) groups excluding carboxylic acids is 1. The summed E-state index contributed by atoms with van der Waals surface area (Å²) in [7, 11) is 1.19. The molecule has 10 nitrogen and oxygen atoms in total. The molecule has 0 bridgehead atoms. The fourth-order valence-electron chi connectivity index (χ4n) is 3.45. The van der Waals surface area contributed by atoms with E-state index in [9.17, 15) is 19.7 Å². The summed E-state index contributed by atoms with van der Waals surface area (Å²) in [5.74, 6) is -0.501. The summed E-state index contributed by atoms with van der Waals surface area (Å²) in [4.78, 5) is 40.7. The van der Waals surface area contributed by atoms with Crippen LogP contribution in [0.5, 0.6) is 5.75 Å². The molecule has 0 unspecified atom stereocenters. The topological polar surface area (TPSA) is 126 Å². The van der Waals surface area contributed by atoms with Gasteiger partial charge in [0.15, 0.2) is 11.9 Å². The molecule has 3 aromatic carbocycles. The van der Waals surface area contributed by atoms with Crippen LogP contribution in [0, 0.1) is 10.1 Å². The molecule has 0 saturated carbocycles. The third-order valence-electron chi connectivity index (χ3n) is 5.18. The van der Waals surface area contributed by atoms with Gasteiger partial charge in [0.25, 0.3) is 5.56 Å². The molecule has 0 spiro atoms. The molecular formula is C25H19BrN4O6. The molecule has 0 saturated heterocycles. The van der Waals surface area contributed by atoms with E-state index in [1.54, 1.807) is 36.4 Å². The number of ether oxygens (including phenoxy) is 2. The van der Waals surface area contributed by atoms with Gasteiger partial charge in [-0.3, -0.25) is 14.9 Å². The zero-order valence-electron chi connectivity index (χ0n) is 19.1. The molecule has 0 amide bonds. The number of aromatic nitrogens is 2. The number of para-hydroxylation sites is 1. The van der Waals surface area contributed by atoms with Crippen LogP contribution in [-0.2, 0) is 9.53 Å². The molecule has 36 heavy (non-hydrogen) atoms.